The zero-order chi connectivity index (χ0) is 12.3. The fourth-order valence-corrected chi connectivity index (χ4v) is 2.35. The van der Waals surface area contributed by atoms with Gasteiger partial charge in [-0.05, 0) is 31.9 Å². The van der Waals surface area contributed by atoms with Crippen LogP contribution in [0.25, 0.3) is 0 Å². The summed E-state index contributed by atoms with van der Waals surface area (Å²) in [6.07, 6.45) is 4.58. The van der Waals surface area contributed by atoms with Crippen LogP contribution in [-0.4, -0.2) is 16.9 Å². The van der Waals surface area contributed by atoms with E-state index in [1.165, 1.54) is 0 Å². The van der Waals surface area contributed by atoms with Crippen molar-refractivity contribution in [3.63, 3.8) is 0 Å². The number of carbonyl (C=O) groups is 1. The van der Waals surface area contributed by atoms with Gasteiger partial charge in [0.25, 0.3) is 0 Å². The topological polar surface area (TPSA) is 68.0 Å². The number of hydrogen-bond acceptors (Lipinski definition) is 3. The van der Waals surface area contributed by atoms with Crippen LogP contribution in [0.2, 0.25) is 0 Å². The summed E-state index contributed by atoms with van der Waals surface area (Å²) in [5.74, 6) is 0.0492. The predicted octanol–water partition coefficient (Wildman–Crippen LogP) is 1.22. The lowest BCUT2D eigenvalue weighted by Crippen LogP contribution is -2.47. The largest absolute Gasteiger partial charge is 0.350 e. The third-order valence-electron chi connectivity index (χ3n) is 3.70. The van der Waals surface area contributed by atoms with Gasteiger partial charge in [-0.25, -0.2) is 0 Å². The Morgan fingerprint density at radius 1 is 1.65 bits per heavy atom. The monoisotopic (exact) mass is 233 g/mol. The molecule has 2 unspecified atom stereocenters. The second-order valence-corrected chi connectivity index (χ2v) is 4.92. The Hall–Kier alpha value is -1.42. The Labute approximate surface area is 102 Å². The van der Waals surface area contributed by atoms with Crippen molar-refractivity contribution in [3.05, 3.63) is 30.1 Å². The lowest BCUT2D eigenvalue weighted by Gasteiger charge is -2.27. The van der Waals surface area contributed by atoms with Gasteiger partial charge in [-0.2, -0.15) is 0 Å². The summed E-state index contributed by atoms with van der Waals surface area (Å²) in [5, 5.41) is 2.93. The maximum atomic E-state index is 12.1. The molecule has 1 amide bonds. The Bertz CT molecular complexity index is 393. The molecule has 1 aliphatic rings. The average molecular weight is 233 g/mol. The third-order valence-corrected chi connectivity index (χ3v) is 3.70. The molecule has 0 aliphatic heterocycles. The van der Waals surface area contributed by atoms with Crippen LogP contribution < -0.4 is 11.1 Å². The van der Waals surface area contributed by atoms with Gasteiger partial charge >= 0.3 is 0 Å². The van der Waals surface area contributed by atoms with E-state index in [0.29, 0.717) is 6.54 Å². The summed E-state index contributed by atoms with van der Waals surface area (Å²) in [4.78, 5) is 16.3. The van der Waals surface area contributed by atoms with Gasteiger partial charge in [0, 0.05) is 12.2 Å². The van der Waals surface area contributed by atoms with E-state index in [9.17, 15) is 4.79 Å². The summed E-state index contributed by atoms with van der Waals surface area (Å²) in [6.45, 7) is 2.43. The molecule has 0 spiro atoms. The molecule has 1 saturated carbocycles. The normalized spacial score (nSPS) is 28.0. The summed E-state index contributed by atoms with van der Waals surface area (Å²) in [7, 11) is 0. The Morgan fingerprint density at radius 3 is 3.06 bits per heavy atom. The predicted molar refractivity (Wildman–Crippen MR) is 66.0 cm³/mol. The standard InChI is InChI=1S/C13H19N3O/c1-13(7-4-6-11(13)14)12(17)16-9-10-5-2-3-8-15-10/h2-3,5,8,11H,4,6-7,9,14H2,1H3,(H,16,17). The van der Waals surface area contributed by atoms with Crippen LogP contribution in [0.3, 0.4) is 0 Å². The minimum absolute atomic E-state index is 0.0220. The third kappa shape index (κ3) is 2.47. The number of aromatic nitrogens is 1. The second-order valence-electron chi connectivity index (χ2n) is 4.92. The average Bonchev–Trinajstić information content (AvgIpc) is 2.69. The van der Waals surface area contributed by atoms with Crippen molar-refractivity contribution in [1.82, 2.24) is 10.3 Å². The Morgan fingerprint density at radius 2 is 2.47 bits per heavy atom. The molecule has 0 aromatic carbocycles. The zero-order valence-corrected chi connectivity index (χ0v) is 10.1. The summed E-state index contributed by atoms with van der Waals surface area (Å²) >= 11 is 0. The second kappa shape index (κ2) is 4.84. The van der Waals surface area contributed by atoms with Crippen molar-refractivity contribution < 1.29 is 4.79 Å². The molecule has 2 atom stereocenters. The highest BCUT2D eigenvalue weighted by Gasteiger charge is 2.42. The minimum Gasteiger partial charge on any atom is -0.350 e. The number of carbonyl (C=O) groups excluding carboxylic acids is 1. The molecule has 3 N–H and O–H groups in total. The first-order chi connectivity index (χ1) is 8.13. The van der Waals surface area contributed by atoms with Gasteiger partial charge in [-0.1, -0.05) is 12.5 Å². The lowest BCUT2D eigenvalue weighted by molar-refractivity contribution is -0.130. The lowest BCUT2D eigenvalue weighted by atomic mass is 9.84. The first-order valence-electron chi connectivity index (χ1n) is 6.07. The smallest absolute Gasteiger partial charge is 0.227 e. The van der Waals surface area contributed by atoms with E-state index < -0.39 is 5.41 Å². The van der Waals surface area contributed by atoms with Gasteiger partial charge in [0.1, 0.15) is 0 Å². The van der Waals surface area contributed by atoms with Crippen molar-refractivity contribution in [2.24, 2.45) is 11.1 Å². The highest BCUT2D eigenvalue weighted by atomic mass is 16.2. The quantitative estimate of drug-likeness (QED) is 0.824. The van der Waals surface area contributed by atoms with Gasteiger partial charge in [0.05, 0.1) is 17.7 Å². The first-order valence-corrected chi connectivity index (χ1v) is 6.07. The molecule has 0 saturated heterocycles. The van der Waals surface area contributed by atoms with Crippen molar-refractivity contribution in [3.8, 4) is 0 Å². The molecule has 0 bridgehead atoms. The highest BCUT2D eigenvalue weighted by molar-refractivity contribution is 5.83. The van der Waals surface area contributed by atoms with Crippen LogP contribution in [0.5, 0.6) is 0 Å². The van der Waals surface area contributed by atoms with Crippen LogP contribution in [-0.2, 0) is 11.3 Å². The SMILES string of the molecule is CC1(C(=O)NCc2ccccn2)CCCC1N. The molecule has 1 heterocycles. The molecule has 1 aliphatic carbocycles. The molecular formula is C13H19N3O. The molecule has 0 radical (unpaired) electrons. The molecule has 1 fully saturated rings. The highest BCUT2D eigenvalue weighted by Crippen LogP contribution is 2.36. The molecule has 2 rings (SSSR count). The van der Waals surface area contributed by atoms with E-state index in [-0.39, 0.29) is 11.9 Å². The Balaban J connectivity index is 1.94. The van der Waals surface area contributed by atoms with E-state index >= 15 is 0 Å². The number of nitrogens with two attached hydrogens (primary N) is 1. The molecule has 92 valence electrons. The maximum absolute atomic E-state index is 12.1. The van der Waals surface area contributed by atoms with Gasteiger partial charge in [-0.3, -0.25) is 9.78 Å². The molecule has 4 heteroatoms. The fraction of sp³-hybridized carbons (Fsp3) is 0.538. The molecule has 4 nitrogen and oxygen atoms in total. The fourth-order valence-electron chi connectivity index (χ4n) is 2.35. The summed E-state index contributed by atoms with van der Waals surface area (Å²) in [6, 6.07) is 5.65. The van der Waals surface area contributed by atoms with E-state index in [1.807, 2.05) is 25.1 Å². The summed E-state index contributed by atoms with van der Waals surface area (Å²) < 4.78 is 0. The summed E-state index contributed by atoms with van der Waals surface area (Å²) in [5.41, 5.74) is 6.47. The minimum atomic E-state index is -0.408. The van der Waals surface area contributed by atoms with Crippen molar-refractivity contribution in [2.75, 3.05) is 0 Å². The first kappa shape index (κ1) is 12.0. The van der Waals surface area contributed by atoms with Gasteiger partial charge < -0.3 is 11.1 Å². The van der Waals surface area contributed by atoms with Crippen LogP contribution >= 0.6 is 0 Å². The number of pyridine rings is 1. The van der Waals surface area contributed by atoms with Gasteiger partial charge in [0.2, 0.25) is 5.91 Å². The van der Waals surface area contributed by atoms with Crippen molar-refractivity contribution >= 4 is 5.91 Å². The van der Waals surface area contributed by atoms with Gasteiger partial charge in [0.15, 0.2) is 0 Å². The molecule has 1 aromatic heterocycles. The number of hydrogen-bond donors (Lipinski definition) is 2. The number of nitrogens with one attached hydrogen (secondary N) is 1. The Kier molecular flexibility index (Phi) is 3.43. The van der Waals surface area contributed by atoms with Crippen molar-refractivity contribution in [1.29, 1.82) is 0 Å². The van der Waals surface area contributed by atoms with Crippen LogP contribution in [0, 0.1) is 5.41 Å². The number of rotatable bonds is 3. The van der Waals surface area contributed by atoms with Crippen LogP contribution in [0.4, 0.5) is 0 Å². The molecule has 17 heavy (non-hydrogen) atoms. The van der Waals surface area contributed by atoms with E-state index in [2.05, 4.69) is 10.3 Å². The van der Waals surface area contributed by atoms with Gasteiger partial charge in [-0.15, -0.1) is 0 Å². The number of amides is 1. The van der Waals surface area contributed by atoms with E-state index in [0.717, 1.165) is 25.0 Å². The molecule has 1 aromatic rings. The number of nitrogens with zero attached hydrogens (tertiary/aromatic N) is 1. The van der Waals surface area contributed by atoms with E-state index in [1.54, 1.807) is 6.20 Å². The zero-order valence-electron chi connectivity index (χ0n) is 10.1. The van der Waals surface area contributed by atoms with Crippen LogP contribution in [0.1, 0.15) is 31.9 Å². The van der Waals surface area contributed by atoms with Crippen LogP contribution in [0.15, 0.2) is 24.4 Å². The van der Waals surface area contributed by atoms with Crippen molar-refractivity contribution in [2.45, 2.75) is 38.8 Å². The van der Waals surface area contributed by atoms with E-state index in [4.69, 9.17) is 5.73 Å². The molecular weight excluding hydrogens is 214 g/mol. The maximum Gasteiger partial charge on any atom is 0.227 e.